The maximum Gasteiger partial charge on any atom is 0.100 e. The van der Waals surface area contributed by atoms with Gasteiger partial charge in [-0.15, -0.1) is 0 Å². The molecule has 80 valence electrons. The summed E-state index contributed by atoms with van der Waals surface area (Å²) >= 11 is 1.61. The van der Waals surface area contributed by atoms with E-state index in [2.05, 4.69) is 22.3 Å². The lowest BCUT2D eigenvalue weighted by Gasteiger charge is -1.99. The molecule has 0 bridgehead atoms. The summed E-state index contributed by atoms with van der Waals surface area (Å²) in [6, 6.07) is 11.8. The van der Waals surface area contributed by atoms with Crippen LogP contribution < -0.4 is 0 Å². The van der Waals surface area contributed by atoms with Gasteiger partial charge in [-0.2, -0.15) is 0 Å². The third kappa shape index (κ3) is 2.94. The molecule has 2 aromatic rings. The van der Waals surface area contributed by atoms with Gasteiger partial charge in [0.25, 0.3) is 0 Å². The predicted octanol–water partition coefficient (Wildman–Crippen LogP) is 3.63. The Balaban J connectivity index is 2.09. The number of nitrogens with zero attached hydrogens (tertiary/aromatic N) is 2. The molecule has 0 aliphatic carbocycles. The van der Waals surface area contributed by atoms with Crippen LogP contribution in [-0.4, -0.2) is 9.97 Å². The summed E-state index contributed by atoms with van der Waals surface area (Å²) in [5.74, 6) is 0. The van der Waals surface area contributed by atoms with Gasteiger partial charge in [-0.3, -0.25) is 4.98 Å². The maximum absolute atomic E-state index is 4.29. The molecule has 2 heterocycles. The predicted molar refractivity (Wildman–Crippen MR) is 68.0 cm³/mol. The number of pyridine rings is 2. The Morgan fingerprint density at radius 1 is 1.06 bits per heavy atom. The van der Waals surface area contributed by atoms with Crippen LogP contribution in [0.2, 0.25) is 0 Å². The Hall–Kier alpha value is -1.61. The topological polar surface area (TPSA) is 25.8 Å². The van der Waals surface area contributed by atoms with Gasteiger partial charge >= 0.3 is 0 Å². The Labute approximate surface area is 99.5 Å². The van der Waals surface area contributed by atoms with Crippen LogP contribution >= 0.6 is 11.8 Å². The first-order chi connectivity index (χ1) is 7.86. The Bertz CT molecular complexity index is 466. The van der Waals surface area contributed by atoms with Gasteiger partial charge in [0.2, 0.25) is 0 Å². The van der Waals surface area contributed by atoms with Crippen LogP contribution in [0.25, 0.3) is 5.57 Å². The first-order valence-electron chi connectivity index (χ1n) is 5.02. The fourth-order valence-electron chi connectivity index (χ4n) is 1.22. The fourth-order valence-corrected chi connectivity index (χ4v) is 1.92. The molecule has 16 heavy (non-hydrogen) atoms. The van der Waals surface area contributed by atoms with Gasteiger partial charge in [-0.1, -0.05) is 23.9 Å². The van der Waals surface area contributed by atoms with E-state index in [9.17, 15) is 0 Å². The van der Waals surface area contributed by atoms with E-state index in [1.807, 2.05) is 36.4 Å². The van der Waals surface area contributed by atoms with Crippen LogP contribution in [0.4, 0.5) is 0 Å². The van der Waals surface area contributed by atoms with Gasteiger partial charge in [-0.05, 0) is 42.2 Å². The molecule has 2 nitrogen and oxygen atoms in total. The van der Waals surface area contributed by atoms with Crippen molar-refractivity contribution < 1.29 is 0 Å². The molecule has 2 aromatic heterocycles. The third-order valence-corrected chi connectivity index (χ3v) is 3.02. The molecular weight excluding hydrogens is 216 g/mol. The number of thioether (sulfide) groups is 1. The number of allylic oxidation sites excluding steroid dienone is 1. The summed E-state index contributed by atoms with van der Waals surface area (Å²) in [7, 11) is 0. The SMILES string of the molecule is C/C(=C/Sc1ccccn1)c1ccccn1. The lowest BCUT2D eigenvalue weighted by atomic mass is 10.2. The van der Waals surface area contributed by atoms with E-state index >= 15 is 0 Å². The molecule has 2 rings (SSSR count). The minimum absolute atomic E-state index is 0.998. The molecule has 0 saturated heterocycles. The van der Waals surface area contributed by atoms with E-state index in [0.717, 1.165) is 16.3 Å². The highest BCUT2D eigenvalue weighted by molar-refractivity contribution is 8.02. The molecule has 0 aliphatic rings. The molecule has 0 atom stereocenters. The number of hydrogen-bond acceptors (Lipinski definition) is 3. The molecule has 0 radical (unpaired) electrons. The summed E-state index contributed by atoms with van der Waals surface area (Å²) < 4.78 is 0. The molecule has 0 unspecified atom stereocenters. The second-order valence-corrected chi connectivity index (χ2v) is 4.19. The van der Waals surface area contributed by atoms with E-state index in [0.29, 0.717) is 0 Å². The zero-order chi connectivity index (χ0) is 11.2. The lowest BCUT2D eigenvalue weighted by Crippen LogP contribution is -1.83. The smallest absolute Gasteiger partial charge is 0.100 e. The van der Waals surface area contributed by atoms with Crippen LogP contribution in [0, 0.1) is 0 Å². The van der Waals surface area contributed by atoms with Gasteiger partial charge in [-0.25, -0.2) is 4.98 Å². The van der Waals surface area contributed by atoms with Gasteiger partial charge in [0.05, 0.1) is 5.69 Å². The summed E-state index contributed by atoms with van der Waals surface area (Å²) in [5.41, 5.74) is 2.15. The molecule has 0 saturated carbocycles. The Kier molecular flexibility index (Phi) is 3.72. The average molecular weight is 228 g/mol. The van der Waals surface area contributed by atoms with E-state index in [-0.39, 0.29) is 0 Å². The quantitative estimate of drug-likeness (QED) is 0.750. The van der Waals surface area contributed by atoms with Crippen molar-refractivity contribution in [3.05, 3.63) is 59.9 Å². The van der Waals surface area contributed by atoms with Crippen LogP contribution in [-0.2, 0) is 0 Å². The van der Waals surface area contributed by atoms with Crippen molar-refractivity contribution in [2.75, 3.05) is 0 Å². The molecular formula is C13H12N2S. The van der Waals surface area contributed by atoms with Crippen molar-refractivity contribution in [3.8, 4) is 0 Å². The van der Waals surface area contributed by atoms with Gasteiger partial charge < -0.3 is 0 Å². The molecule has 0 N–H and O–H groups in total. The van der Waals surface area contributed by atoms with E-state index < -0.39 is 0 Å². The Morgan fingerprint density at radius 3 is 2.44 bits per heavy atom. The zero-order valence-electron chi connectivity index (χ0n) is 9.00. The van der Waals surface area contributed by atoms with Crippen molar-refractivity contribution in [2.45, 2.75) is 11.9 Å². The summed E-state index contributed by atoms with van der Waals surface area (Å²) in [4.78, 5) is 8.53. The van der Waals surface area contributed by atoms with Gasteiger partial charge in [0.1, 0.15) is 5.03 Å². The summed E-state index contributed by atoms with van der Waals surface area (Å²) in [5, 5.41) is 3.07. The lowest BCUT2D eigenvalue weighted by molar-refractivity contribution is 1.14. The average Bonchev–Trinajstić information content (AvgIpc) is 2.38. The van der Waals surface area contributed by atoms with Crippen molar-refractivity contribution >= 4 is 17.3 Å². The highest BCUT2D eigenvalue weighted by Crippen LogP contribution is 2.21. The van der Waals surface area contributed by atoms with Crippen molar-refractivity contribution in [2.24, 2.45) is 0 Å². The number of aromatic nitrogens is 2. The minimum atomic E-state index is 0.998. The molecule has 0 spiro atoms. The normalized spacial score (nSPS) is 11.4. The molecule has 0 fully saturated rings. The van der Waals surface area contributed by atoms with Crippen LogP contribution in [0.1, 0.15) is 12.6 Å². The molecule has 0 aliphatic heterocycles. The molecule has 0 amide bonds. The minimum Gasteiger partial charge on any atom is -0.257 e. The highest BCUT2D eigenvalue weighted by atomic mass is 32.2. The highest BCUT2D eigenvalue weighted by Gasteiger charge is 1.96. The standard InChI is InChI=1S/C13H12N2S/c1-11(12-6-2-4-8-14-12)10-16-13-7-3-5-9-15-13/h2-10H,1H3/b11-10-. The molecule has 0 aromatic carbocycles. The third-order valence-electron chi connectivity index (χ3n) is 2.06. The second-order valence-electron chi connectivity index (χ2n) is 3.30. The molecule has 3 heteroatoms. The number of hydrogen-bond donors (Lipinski definition) is 0. The number of rotatable bonds is 3. The maximum atomic E-state index is 4.29. The fraction of sp³-hybridized carbons (Fsp3) is 0.0769. The van der Waals surface area contributed by atoms with Crippen molar-refractivity contribution in [3.63, 3.8) is 0 Å². The first kappa shape index (κ1) is 10.9. The van der Waals surface area contributed by atoms with Crippen molar-refractivity contribution in [1.82, 2.24) is 9.97 Å². The van der Waals surface area contributed by atoms with Crippen molar-refractivity contribution in [1.29, 1.82) is 0 Å². The monoisotopic (exact) mass is 228 g/mol. The van der Waals surface area contributed by atoms with Crippen LogP contribution in [0.15, 0.2) is 59.2 Å². The van der Waals surface area contributed by atoms with E-state index in [1.54, 1.807) is 24.2 Å². The summed E-state index contributed by atoms with van der Waals surface area (Å²) in [6.45, 7) is 2.05. The van der Waals surface area contributed by atoms with E-state index in [4.69, 9.17) is 0 Å². The van der Waals surface area contributed by atoms with E-state index in [1.165, 1.54) is 0 Å². The zero-order valence-corrected chi connectivity index (χ0v) is 9.82. The van der Waals surface area contributed by atoms with Gasteiger partial charge in [0, 0.05) is 12.4 Å². The van der Waals surface area contributed by atoms with Crippen LogP contribution in [0.3, 0.4) is 0 Å². The van der Waals surface area contributed by atoms with Gasteiger partial charge in [0.15, 0.2) is 0 Å². The Morgan fingerprint density at radius 2 is 1.81 bits per heavy atom. The van der Waals surface area contributed by atoms with Crippen LogP contribution in [0.5, 0.6) is 0 Å². The second kappa shape index (κ2) is 5.47. The summed E-state index contributed by atoms with van der Waals surface area (Å²) in [6.07, 6.45) is 3.60. The largest absolute Gasteiger partial charge is 0.257 e. The first-order valence-corrected chi connectivity index (χ1v) is 5.90.